The van der Waals surface area contributed by atoms with Gasteiger partial charge in [0.2, 0.25) is 0 Å². The van der Waals surface area contributed by atoms with Crippen LogP contribution in [-0.4, -0.2) is 0 Å². The predicted octanol–water partition coefficient (Wildman–Crippen LogP) is 4.48. The molecule has 0 saturated carbocycles. The van der Waals surface area contributed by atoms with Crippen LogP contribution in [0.3, 0.4) is 0 Å². The zero-order valence-corrected chi connectivity index (χ0v) is 9.12. The summed E-state index contributed by atoms with van der Waals surface area (Å²) in [5, 5.41) is 0. The Morgan fingerprint density at radius 1 is 0.714 bits per heavy atom. The van der Waals surface area contributed by atoms with Crippen molar-refractivity contribution in [2.24, 2.45) is 11.8 Å². The van der Waals surface area contributed by atoms with Crippen molar-refractivity contribution in [2.75, 3.05) is 0 Å². The second-order valence-electron chi connectivity index (χ2n) is 4.88. The first-order chi connectivity index (χ1) is 6.95. The molecular formula is C14H22. The molecule has 0 bridgehead atoms. The molecule has 2 aliphatic rings. The SMILES string of the molecule is C1=CCC(CCC2CC=CCC2)CC1. The van der Waals surface area contributed by atoms with Crippen LogP contribution in [0.15, 0.2) is 24.3 Å². The highest BCUT2D eigenvalue weighted by atomic mass is 14.2. The standard InChI is InChI=1S/C14H22/c1-3-7-13(8-4-1)11-12-14-9-5-2-6-10-14/h1-3,5,13-14H,4,6-12H2. The Hall–Kier alpha value is -0.520. The molecule has 2 unspecified atom stereocenters. The highest BCUT2D eigenvalue weighted by Crippen LogP contribution is 2.29. The Bertz CT molecular complexity index is 188. The van der Waals surface area contributed by atoms with E-state index < -0.39 is 0 Å². The molecule has 0 aromatic rings. The van der Waals surface area contributed by atoms with Gasteiger partial charge < -0.3 is 0 Å². The summed E-state index contributed by atoms with van der Waals surface area (Å²) in [5.74, 6) is 2.01. The Morgan fingerprint density at radius 3 is 1.57 bits per heavy atom. The summed E-state index contributed by atoms with van der Waals surface area (Å²) in [5.41, 5.74) is 0. The van der Waals surface area contributed by atoms with E-state index in [1.807, 2.05) is 0 Å². The molecular weight excluding hydrogens is 168 g/mol. The van der Waals surface area contributed by atoms with E-state index in [0.717, 1.165) is 11.8 Å². The van der Waals surface area contributed by atoms with Crippen LogP contribution in [-0.2, 0) is 0 Å². The van der Waals surface area contributed by atoms with E-state index in [1.165, 1.54) is 51.4 Å². The molecule has 78 valence electrons. The van der Waals surface area contributed by atoms with Crippen LogP contribution >= 0.6 is 0 Å². The summed E-state index contributed by atoms with van der Waals surface area (Å²) in [4.78, 5) is 0. The lowest BCUT2D eigenvalue weighted by Crippen LogP contribution is -2.08. The Balaban J connectivity index is 1.66. The van der Waals surface area contributed by atoms with Crippen LogP contribution in [0.25, 0.3) is 0 Å². The maximum absolute atomic E-state index is 2.38. The van der Waals surface area contributed by atoms with Gasteiger partial charge in [-0.15, -0.1) is 0 Å². The normalized spacial score (nSPS) is 32.0. The zero-order chi connectivity index (χ0) is 9.64. The second kappa shape index (κ2) is 5.38. The Labute approximate surface area is 88.1 Å². The number of allylic oxidation sites excluding steroid dienone is 4. The minimum absolute atomic E-state index is 1.01. The average molecular weight is 190 g/mol. The number of hydrogen-bond acceptors (Lipinski definition) is 0. The summed E-state index contributed by atoms with van der Waals surface area (Å²) in [6.45, 7) is 0. The van der Waals surface area contributed by atoms with E-state index in [2.05, 4.69) is 24.3 Å². The summed E-state index contributed by atoms with van der Waals surface area (Å²) in [6.07, 6.45) is 20.7. The van der Waals surface area contributed by atoms with Crippen molar-refractivity contribution in [2.45, 2.75) is 51.4 Å². The topological polar surface area (TPSA) is 0 Å². The average Bonchev–Trinajstić information content (AvgIpc) is 2.29. The molecule has 2 atom stereocenters. The molecule has 0 N–H and O–H groups in total. The maximum atomic E-state index is 2.38. The molecule has 0 aromatic heterocycles. The van der Waals surface area contributed by atoms with Crippen molar-refractivity contribution in [3.05, 3.63) is 24.3 Å². The van der Waals surface area contributed by atoms with Crippen molar-refractivity contribution >= 4 is 0 Å². The molecule has 2 aliphatic carbocycles. The first-order valence-electron chi connectivity index (χ1n) is 6.25. The fourth-order valence-corrected chi connectivity index (χ4v) is 2.71. The lowest BCUT2D eigenvalue weighted by molar-refractivity contribution is 0.356. The molecule has 14 heavy (non-hydrogen) atoms. The molecule has 2 rings (SSSR count). The monoisotopic (exact) mass is 190 g/mol. The third-order valence-corrected chi connectivity index (χ3v) is 3.74. The highest BCUT2D eigenvalue weighted by molar-refractivity contribution is 4.92. The summed E-state index contributed by atoms with van der Waals surface area (Å²) >= 11 is 0. The van der Waals surface area contributed by atoms with Crippen molar-refractivity contribution in [3.63, 3.8) is 0 Å². The Kier molecular flexibility index (Phi) is 3.85. The van der Waals surface area contributed by atoms with Gasteiger partial charge >= 0.3 is 0 Å². The summed E-state index contributed by atoms with van der Waals surface area (Å²) < 4.78 is 0. The van der Waals surface area contributed by atoms with Gasteiger partial charge in [-0.05, 0) is 63.2 Å². The van der Waals surface area contributed by atoms with Gasteiger partial charge in [0, 0.05) is 0 Å². The molecule has 0 heterocycles. The van der Waals surface area contributed by atoms with E-state index in [4.69, 9.17) is 0 Å². The molecule has 0 spiro atoms. The minimum Gasteiger partial charge on any atom is -0.0885 e. The van der Waals surface area contributed by atoms with Crippen molar-refractivity contribution < 1.29 is 0 Å². The van der Waals surface area contributed by atoms with Crippen LogP contribution in [0.4, 0.5) is 0 Å². The zero-order valence-electron chi connectivity index (χ0n) is 9.12. The van der Waals surface area contributed by atoms with E-state index in [1.54, 1.807) is 0 Å². The fourth-order valence-electron chi connectivity index (χ4n) is 2.71. The number of hydrogen-bond donors (Lipinski definition) is 0. The van der Waals surface area contributed by atoms with Crippen LogP contribution in [0.2, 0.25) is 0 Å². The quantitative estimate of drug-likeness (QED) is 0.576. The molecule has 0 aliphatic heterocycles. The lowest BCUT2D eigenvalue weighted by Gasteiger charge is -2.22. The second-order valence-corrected chi connectivity index (χ2v) is 4.88. The van der Waals surface area contributed by atoms with Crippen LogP contribution in [0, 0.1) is 11.8 Å². The van der Waals surface area contributed by atoms with Crippen LogP contribution < -0.4 is 0 Å². The van der Waals surface area contributed by atoms with E-state index in [-0.39, 0.29) is 0 Å². The van der Waals surface area contributed by atoms with Gasteiger partial charge in [-0.1, -0.05) is 24.3 Å². The van der Waals surface area contributed by atoms with Gasteiger partial charge in [-0.2, -0.15) is 0 Å². The van der Waals surface area contributed by atoms with E-state index in [9.17, 15) is 0 Å². The van der Waals surface area contributed by atoms with Gasteiger partial charge in [0.25, 0.3) is 0 Å². The summed E-state index contributed by atoms with van der Waals surface area (Å²) in [6, 6.07) is 0. The van der Waals surface area contributed by atoms with Crippen LogP contribution in [0.5, 0.6) is 0 Å². The van der Waals surface area contributed by atoms with E-state index in [0.29, 0.717) is 0 Å². The van der Waals surface area contributed by atoms with Gasteiger partial charge in [-0.3, -0.25) is 0 Å². The molecule has 0 fully saturated rings. The highest BCUT2D eigenvalue weighted by Gasteiger charge is 2.14. The fraction of sp³-hybridized carbons (Fsp3) is 0.714. The Morgan fingerprint density at radius 2 is 1.21 bits per heavy atom. The molecule has 0 amide bonds. The van der Waals surface area contributed by atoms with Gasteiger partial charge in [0.05, 0.1) is 0 Å². The summed E-state index contributed by atoms with van der Waals surface area (Å²) in [7, 11) is 0. The van der Waals surface area contributed by atoms with Crippen molar-refractivity contribution in [1.82, 2.24) is 0 Å². The lowest BCUT2D eigenvalue weighted by atomic mass is 9.84. The van der Waals surface area contributed by atoms with Crippen molar-refractivity contribution in [1.29, 1.82) is 0 Å². The van der Waals surface area contributed by atoms with Crippen LogP contribution in [0.1, 0.15) is 51.4 Å². The molecule has 0 nitrogen and oxygen atoms in total. The molecule has 0 radical (unpaired) electrons. The molecule has 0 heteroatoms. The molecule has 0 saturated heterocycles. The van der Waals surface area contributed by atoms with Gasteiger partial charge in [-0.25, -0.2) is 0 Å². The molecule has 0 aromatic carbocycles. The first-order valence-corrected chi connectivity index (χ1v) is 6.25. The largest absolute Gasteiger partial charge is 0.0885 e. The third-order valence-electron chi connectivity index (χ3n) is 3.74. The van der Waals surface area contributed by atoms with Gasteiger partial charge in [0.1, 0.15) is 0 Å². The van der Waals surface area contributed by atoms with Crippen molar-refractivity contribution in [3.8, 4) is 0 Å². The maximum Gasteiger partial charge on any atom is -0.0322 e. The third kappa shape index (κ3) is 3.01. The number of rotatable bonds is 3. The van der Waals surface area contributed by atoms with E-state index >= 15 is 0 Å². The van der Waals surface area contributed by atoms with Gasteiger partial charge in [0.15, 0.2) is 0 Å². The predicted molar refractivity (Wildman–Crippen MR) is 62.2 cm³/mol. The first kappa shape index (κ1) is 10.0. The smallest absolute Gasteiger partial charge is 0.0322 e. The minimum atomic E-state index is 1.01.